The minimum absolute atomic E-state index is 0.0438. The Balaban J connectivity index is 1.79. The fourth-order valence-electron chi connectivity index (χ4n) is 3.55. The molecule has 0 aliphatic carbocycles. The SMILES string of the molecule is C[C@H](OC(N)=O)c1nc(Cn2nc(-c3ccc(Cl)cc3)n(C[C@H](O)C(F)(F)F)c2=O)nn1-c1ncccc1Cl. The number of primary amides is 1. The second-order valence-electron chi connectivity index (χ2n) is 8.12. The fourth-order valence-corrected chi connectivity index (χ4v) is 3.87. The normalized spacial score (nSPS) is 13.3. The van der Waals surface area contributed by atoms with Crippen molar-refractivity contribution < 1.29 is 27.8 Å². The number of aliphatic hydroxyl groups is 1. The number of carbonyl (C=O) groups is 1. The van der Waals surface area contributed by atoms with Crippen molar-refractivity contribution in [2.45, 2.75) is 38.4 Å². The first-order valence-electron chi connectivity index (χ1n) is 11.1. The molecule has 0 radical (unpaired) electrons. The number of alkyl halides is 3. The Morgan fingerprint density at radius 1 is 1.18 bits per heavy atom. The van der Waals surface area contributed by atoms with Gasteiger partial charge in [0.1, 0.15) is 6.54 Å². The number of hydrogen-bond acceptors (Lipinski definition) is 8. The number of benzene rings is 1. The van der Waals surface area contributed by atoms with Crippen LogP contribution in [0.3, 0.4) is 0 Å². The van der Waals surface area contributed by atoms with E-state index in [0.717, 1.165) is 4.68 Å². The Morgan fingerprint density at radius 2 is 1.87 bits per heavy atom. The number of hydrogen-bond donors (Lipinski definition) is 2. The lowest BCUT2D eigenvalue weighted by molar-refractivity contribution is -0.207. The van der Waals surface area contributed by atoms with Crippen molar-refractivity contribution in [3.63, 3.8) is 0 Å². The van der Waals surface area contributed by atoms with Crippen molar-refractivity contribution >= 4 is 29.3 Å². The van der Waals surface area contributed by atoms with Crippen LogP contribution < -0.4 is 11.4 Å². The first-order chi connectivity index (χ1) is 18.3. The molecular formula is C22H19Cl2F3N8O4. The van der Waals surface area contributed by atoms with Gasteiger partial charge in [-0.3, -0.25) is 4.57 Å². The summed E-state index contributed by atoms with van der Waals surface area (Å²) in [5.74, 6) is -0.0293. The van der Waals surface area contributed by atoms with E-state index in [0.29, 0.717) is 9.59 Å². The van der Waals surface area contributed by atoms with Gasteiger partial charge in [0.15, 0.2) is 35.5 Å². The molecule has 0 bridgehead atoms. The molecule has 12 nitrogen and oxygen atoms in total. The molecule has 2 atom stereocenters. The number of aromatic nitrogens is 7. The lowest BCUT2D eigenvalue weighted by Crippen LogP contribution is -2.37. The monoisotopic (exact) mass is 586 g/mol. The zero-order valence-electron chi connectivity index (χ0n) is 19.9. The molecule has 0 spiro atoms. The Labute approximate surface area is 227 Å². The van der Waals surface area contributed by atoms with Gasteiger partial charge in [-0.2, -0.15) is 17.9 Å². The van der Waals surface area contributed by atoms with E-state index < -0.39 is 43.3 Å². The van der Waals surface area contributed by atoms with Crippen LogP contribution in [-0.2, 0) is 17.8 Å². The lowest BCUT2D eigenvalue weighted by Gasteiger charge is -2.15. The third-order valence-corrected chi connectivity index (χ3v) is 5.87. The van der Waals surface area contributed by atoms with Gasteiger partial charge in [-0.15, -0.1) is 10.2 Å². The topological polar surface area (TPSA) is 156 Å². The third kappa shape index (κ3) is 6.21. The summed E-state index contributed by atoms with van der Waals surface area (Å²) >= 11 is 12.2. The van der Waals surface area contributed by atoms with Crippen LogP contribution in [0.5, 0.6) is 0 Å². The highest BCUT2D eigenvalue weighted by Crippen LogP contribution is 2.25. The summed E-state index contributed by atoms with van der Waals surface area (Å²) in [7, 11) is 0. The number of ether oxygens (including phenoxy) is 1. The predicted molar refractivity (Wildman–Crippen MR) is 131 cm³/mol. The van der Waals surface area contributed by atoms with Crippen molar-refractivity contribution in [1.82, 2.24) is 34.1 Å². The van der Waals surface area contributed by atoms with Crippen LogP contribution in [-0.4, -0.2) is 57.6 Å². The predicted octanol–water partition coefficient (Wildman–Crippen LogP) is 3.12. The number of nitrogens with two attached hydrogens (primary N) is 1. The average Bonchev–Trinajstić information content (AvgIpc) is 3.41. The molecule has 3 aromatic heterocycles. The summed E-state index contributed by atoms with van der Waals surface area (Å²) in [5, 5.41) is 18.7. The van der Waals surface area contributed by atoms with Gasteiger partial charge >= 0.3 is 18.0 Å². The van der Waals surface area contributed by atoms with E-state index >= 15 is 0 Å². The highest BCUT2D eigenvalue weighted by molar-refractivity contribution is 6.32. The van der Waals surface area contributed by atoms with Crippen molar-refractivity contribution in [3.8, 4) is 17.2 Å². The van der Waals surface area contributed by atoms with E-state index in [1.54, 1.807) is 6.07 Å². The van der Waals surface area contributed by atoms with Crippen molar-refractivity contribution in [2.24, 2.45) is 5.73 Å². The van der Waals surface area contributed by atoms with Crippen molar-refractivity contribution in [2.75, 3.05) is 0 Å². The van der Waals surface area contributed by atoms with Gasteiger partial charge in [0.05, 0.1) is 11.6 Å². The highest BCUT2D eigenvalue weighted by atomic mass is 35.5. The Hall–Kier alpha value is -3.95. The molecule has 17 heteroatoms. The summed E-state index contributed by atoms with van der Waals surface area (Å²) in [6.07, 6.45) is -8.49. The van der Waals surface area contributed by atoms with Gasteiger partial charge in [0, 0.05) is 16.8 Å². The van der Waals surface area contributed by atoms with E-state index in [1.807, 2.05) is 0 Å². The molecule has 0 saturated heterocycles. The van der Waals surface area contributed by atoms with Gasteiger partial charge in [-0.1, -0.05) is 23.2 Å². The maximum Gasteiger partial charge on any atom is 0.416 e. The van der Waals surface area contributed by atoms with Crippen molar-refractivity contribution in [1.29, 1.82) is 0 Å². The number of amides is 1. The van der Waals surface area contributed by atoms with Crippen LogP contribution in [0.25, 0.3) is 17.2 Å². The van der Waals surface area contributed by atoms with Gasteiger partial charge < -0.3 is 15.6 Å². The number of rotatable bonds is 8. The third-order valence-electron chi connectivity index (χ3n) is 5.32. The molecule has 0 fully saturated rings. The molecule has 4 rings (SSSR count). The largest absolute Gasteiger partial charge is 0.438 e. The van der Waals surface area contributed by atoms with Crippen molar-refractivity contribution in [3.05, 3.63) is 74.8 Å². The summed E-state index contributed by atoms with van der Waals surface area (Å²) in [5.41, 5.74) is 4.42. The fraction of sp³-hybridized carbons (Fsp3) is 0.273. The molecule has 1 aromatic carbocycles. The standard InChI is InChI=1S/C22H19Cl2F3N8O4/c1-11(39-20(28)37)17-30-16(31-35(17)19-14(24)3-2-8-29-19)10-34-21(38)33(9-15(36)22(25,26)27)18(32-34)12-4-6-13(23)7-5-12/h2-8,11,15,36H,9-10H2,1H3,(H2,28,37)/t11-,15-/m0/s1. The molecule has 3 N–H and O–H groups in total. The summed E-state index contributed by atoms with van der Waals surface area (Å²) in [6.45, 7) is -0.0628. The Morgan fingerprint density at radius 3 is 2.49 bits per heavy atom. The van der Waals surface area contributed by atoms with Crippen LogP contribution in [0.15, 0.2) is 47.4 Å². The van der Waals surface area contributed by atoms with E-state index in [1.165, 1.54) is 48.1 Å². The minimum atomic E-state index is -4.98. The quantitative estimate of drug-likeness (QED) is 0.319. The molecule has 1 amide bonds. The summed E-state index contributed by atoms with van der Waals surface area (Å²) < 4.78 is 47.1. The number of halogens is 5. The summed E-state index contributed by atoms with van der Waals surface area (Å²) in [4.78, 5) is 33.0. The van der Waals surface area contributed by atoms with Gasteiger partial charge in [-0.25, -0.2) is 24.2 Å². The number of pyridine rings is 1. The molecule has 0 aliphatic heterocycles. The number of nitrogens with zero attached hydrogens (tertiary/aromatic N) is 7. The number of carbonyl (C=O) groups excluding carboxylic acids is 1. The Bertz CT molecular complexity index is 1550. The summed E-state index contributed by atoms with van der Waals surface area (Å²) in [6, 6.07) is 8.97. The van der Waals surface area contributed by atoms with Gasteiger partial charge in [0.2, 0.25) is 0 Å². The zero-order chi connectivity index (χ0) is 28.5. The second-order valence-corrected chi connectivity index (χ2v) is 8.97. The minimum Gasteiger partial charge on any atom is -0.438 e. The second kappa shape index (κ2) is 11.0. The first-order valence-corrected chi connectivity index (χ1v) is 11.8. The molecular weight excluding hydrogens is 568 g/mol. The maximum absolute atomic E-state index is 13.2. The van der Waals surface area contributed by atoms with Crippen LogP contribution in [0.4, 0.5) is 18.0 Å². The average molecular weight is 587 g/mol. The van der Waals surface area contributed by atoms with Crippen LogP contribution >= 0.6 is 23.2 Å². The lowest BCUT2D eigenvalue weighted by atomic mass is 10.2. The van der Waals surface area contributed by atoms with Crippen LogP contribution in [0.1, 0.15) is 24.7 Å². The molecule has 0 aliphatic rings. The molecule has 39 heavy (non-hydrogen) atoms. The smallest absolute Gasteiger partial charge is 0.416 e. The van der Waals surface area contributed by atoms with E-state index in [9.17, 15) is 27.9 Å². The van der Waals surface area contributed by atoms with Crippen LogP contribution in [0, 0.1) is 0 Å². The van der Waals surface area contributed by atoms with E-state index in [2.05, 4.69) is 20.2 Å². The number of aliphatic hydroxyl groups excluding tert-OH is 1. The van der Waals surface area contributed by atoms with Gasteiger partial charge in [-0.05, 0) is 43.3 Å². The molecule has 0 saturated carbocycles. The van der Waals surface area contributed by atoms with Crippen LogP contribution in [0.2, 0.25) is 10.0 Å². The zero-order valence-corrected chi connectivity index (χ0v) is 21.4. The van der Waals surface area contributed by atoms with E-state index in [-0.39, 0.29) is 33.9 Å². The maximum atomic E-state index is 13.2. The Kier molecular flexibility index (Phi) is 7.94. The van der Waals surface area contributed by atoms with E-state index in [4.69, 9.17) is 33.7 Å². The van der Waals surface area contributed by atoms with Gasteiger partial charge in [0.25, 0.3) is 0 Å². The first kappa shape index (κ1) is 28.1. The highest BCUT2D eigenvalue weighted by Gasteiger charge is 2.39. The molecule has 0 unspecified atom stereocenters. The molecule has 4 aromatic rings. The molecule has 206 valence electrons. The molecule has 3 heterocycles.